The fourth-order valence-electron chi connectivity index (χ4n) is 3.16. The van der Waals surface area contributed by atoms with Crippen LogP contribution in [-0.4, -0.2) is 31.8 Å². The molecule has 3 rings (SSSR count). The molecule has 2 amide bonds. The lowest BCUT2D eigenvalue weighted by molar-refractivity contribution is -0.121. The van der Waals surface area contributed by atoms with E-state index in [2.05, 4.69) is 16.7 Å². The molecule has 9 heteroatoms. The average Bonchev–Trinajstić information content (AvgIpc) is 2.77. The monoisotopic (exact) mass is 457 g/mol. The van der Waals surface area contributed by atoms with Crippen LogP contribution in [0.5, 0.6) is 11.5 Å². The molecule has 0 aromatic heterocycles. The number of nitriles is 1. The van der Waals surface area contributed by atoms with Crippen LogP contribution in [0.1, 0.15) is 17.9 Å². The van der Waals surface area contributed by atoms with Gasteiger partial charge in [0.25, 0.3) is 0 Å². The number of halogens is 1. The summed E-state index contributed by atoms with van der Waals surface area (Å²) in [7, 11) is 3.07. The van der Waals surface area contributed by atoms with Crippen LogP contribution < -0.4 is 20.1 Å². The molecule has 0 saturated heterocycles. The van der Waals surface area contributed by atoms with E-state index in [4.69, 9.17) is 21.1 Å². The molecule has 1 heterocycles. The van der Waals surface area contributed by atoms with E-state index in [9.17, 15) is 14.9 Å². The maximum Gasteiger partial charge on any atom is 0.234 e. The van der Waals surface area contributed by atoms with Gasteiger partial charge in [-0.05, 0) is 35.9 Å². The third-order valence-electron chi connectivity index (χ3n) is 4.66. The molecule has 0 bridgehead atoms. The van der Waals surface area contributed by atoms with Crippen LogP contribution >= 0.6 is 23.4 Å². The minimum absolute atomic E-state index is 0.00814. The summed E-state index contributed by atoms with van der Waals surface area (Å²) in [6.45, 7) is 0. The summed E-state index contributed by atoms with van der Waals surface area (Å²) in [5.74, 6) is 0.240. The summed E-state index contributed by atoms with van der Waals surface area (Å²) in [4.78, 5) is 24.7. The number of nitrogens with zero attached hydrogens (tertiary/aromatic N) is 1. The molecule has 2 aromatic carbocycles. The molecule has 0 radical (unpaired) electrons. The van der Waals surface area contributed by atoms with E-state index < -0.39 is 0 Å². The zero-order chi connectivity index (χ0) is 22.4. The van der Waals surface area contributed by atoms with Crippen molar-refractivity contribution in [2.75, 3.05) is 25.3 Å². The van der Waals surface area contributed by atoms with Crippen LogP contribution in [0.4, 0.5) is 5.69 Å². The van der Waals surface area contributed by atoms with E-state index in [1.165, 1.54) is 7.11 Å². The van der Waals surface area contributed by atoms with E-state index in [0.29, 0.717) is 32.8 Å². The lowest BCUT2D eigenvalue weighted by Crippen LogP contribution is -2.31. The second-order valence-corrected chi connectivity index (χ2v) is 8.04. The molecule has 2 N–H and O–H groups in total. The van der Waals surface area contributed by atoms with Gasteiger partial charge in [0.15, 0.2) is 0 Å². The van der Waals surface area contributed by atoms with Crippen LogP contribution in [-0.2, 0) is 9.59 Å². The molecule has 0 spiro atoms. The maximum absolute atomic E-state index is 12.5. The van der Waals surface area contributed by atoms with Crippen LogP contribution in [0, 0.1) is 11.3 Å². The van der Waals surface area contributed by atoms with Crippen molar-refractivity contribution in [3.05, 3.63) is 63.7 Å². The van der Waals surface area contributed by atoms with Crippen LogP contribution in [0.25, 0.3) is 0 Å². The predicted molar refractivity (Wildman–Crippen MR) is 120 cm³/mol. The molecule has 0 aliphatic carbocycles. The maximum atomic E-state index is 12.5. The van der Waals surface area contributed by atoms with Gasteiger partial charge >= 0.3 is 0 Å². The lowest BCUT2D eigenvalue weighted by Gasteiger charge is -2.25. The molecule has 1 aliphatic rings. The zero-order valence-corrected chi connectivity index (χ0v) is 18.5. The Kier molecular flexibility index (Phi) is 7.45. The highest BCUT2D eigenvalue weighted by Gasteiger charge is 2.30. The molecular formula is C22H20ClN3O4S. The minimum atomic E-state index is -0.386. The van der Waals surface area contributed by atoms with Crippen molar-refractivity contribution in [3.63, 3.8) is 0 Å². The number of carbonyl (C=O) groups is 2. The molecule has 1 aliphatic heterocycles. The molecule has 0 unspecified atom stereocenters. The van der Waals surface area contributed by atoms with Crippen molar-refractivity contribution in [1.82, 2.24) is 5.32 Å². The number of amides is 2. The number of rotatable bonds is 7. The third-order valence-corrected chi connectivity index (χ3v) is 5.91. The van der Waals surface area contributed by atoms with Crippen molar-refractivity contribution in [3.8, 4) is 17.6 Å². The smallest absolute Gasteiger partial charge is 0.234 e. The number of anilines is 1. The van der Waals surface area contributed by atoms with Crippen LogP contribution in [0.15, 0.2) is 53.1 Å². The molecule has 1 atom stereocenters. The molecule has 31 heavy (non-hydrogen) atoms. The Morgan fingerprint density at radius 2 is 2.00 bits per heavy atom. The number of thioether (sulfide) groups is 1. The molecular weight excluding hydrogens is 438 g/mol. The number of hydrogen-bond donors (Lipinski definition) is 2. The Labute approximate surface area is 189 Å². The van der Waals surface area contributed by atoms with Crippen molar-refractivity contribution in [2.24, 2.45) is 0 Å². The molecule has 0 saturated carbocycles. The van der Waals surface area contributed by atoms with Gasteiger partial charge in [-0.2, -0.15) is 5.26 Å². The van der Waals surface area contributed by atoms with Gasteiger partial charge in [-0.25, -0.2) is 0 Å². The van der Waals surface area contributed by atoms with Crippen molar-refractivity contribution < 1.29 is 19.1 Å². The van der Waals surface area contributed by atoms with E-state index in [1.54, 1.807) is 37.4 Å². The normalized spacial score (nSPS) is 15.7. The fraction of sp³-hybridized carbons (Fsp3) is 0.227. The lowest BCUT2D eigenvalue weighted by atomic mass is 9.87. The first-order valence-corrected chi connectivity index (χ1v) is 10.7. The summed E-state index contributed by atoms with van der Waals surface area (Å²) in [5.41, 5.74) is 1.69. The van der Waals surface area contributed by atoms with Crippen molar-refractivity contribution in [2.45, 2.75) is 12.3 Å². The number of ether oxygens (including phenoxy) is 2. The SMILES string of the molecule is COc1ccc([C@@H]2CC(=O)NC(SCC(=O)Nc3cc(Cl)ccc3OC)=C2C#N)cc1. The highest BCUT2D eigenvalue weighted by molar-refractivity contribution is 8.03. The largest absolute Gasteiger partial charge is 0.497 e. The van der Waals surface area contributed by atoms with Gasteiger partial charge in [-0.3, -0.25) is 9.59 Å². The second kappa shape index (κ2) is 10.2. The highest BCUT2D eigenvalue weighted by Crippen LogP contribution is 2.36. The predicted octanol–water partition coefficient (Wildman–Crippen LogP) is 4.07. The van der Waals surface area contributed by atoms with E-state index in [-0.39, 0.29) is 29.9 Å². The Hall–Kier alpha value is -3.15. The quantitative estimate of drug-likeness (QED) is 0.650. The standard InChI is InChI=1S/C22H20ClN3O4S/c1-29-15-6-3-13(4-7-15)16-10-20(27)26-22(17(16)11-24)31-12-21(28)25-18-9-14(23)5-8-19(18)30-2/h3-9,16H,10,12H2,1-2H3,(H,25,28)(H,26,27)/t16-/m0/s1. The number of carbonyl (C=O) groups excluding carboxylic acids is 2. The first-order valence-electron chi connectivity index (χ1n) is 9.29. The molecule has 2 aromatic rings. The van der Waals surface area contributed by atoms with Crippen molar-refractivity contribution >= 4 is 40.9 Å². The van der Waals surface area contributed by atoms with Crippen molar-refractivity contribution in [1.29, 1.82) is 5.26 Å². The minimum Gasteiger partial charge on any atom is -0.497 e. The molecule has 160 valence electrons. The average molecular weight is 458 g/mol. The van der Waals surface area contributed by atoms with Gasteiger partial charge in [0, 0.05) is 17.4 Å². The number of allylic oxidation sites excluding steroid dienone is 1. The number of benzene rings is 2. The van der Waals surface area contributed by atoms with Gasteiger partial charge in [-0.1, -0.05) is 35.5 Å². The van der Waals surface area contributed by atoms with Gasteiger partial charge in [0.05, 0.1) is 42.3 Å². The number of methoxy groups -OCH3 is 2. The first kappa shape index (κ1) is 22.5. The van der Waals surface area contributed by atoms with E-state index in [1.807, 2.05) is 12.1 Å². The zero-order valence-electron chi connectivity index (χ0n) is 16.9. The van der Waals surface area contributed by atoms with Gasteiger partial charge < -0.3 is 20.1 Å². The third kappa shape index (κ3) is 5.51. The summed E-state index contributed by atoms with van der Waals surface area (Å²) in [5, 5.41) is 16.1. The number of nitrogens with one attached hydrogen (secondary N) is 2. The van der Waals surface area contributed by atoms with Crippen LogP contribution in [0.3, 0.4) is 0 Å². The summed E-state index contributed by atoms with van der Waals surface area (Å²) in [6.07, 6.45) is 0.158. The Balaban J connectivity index is 1.76. The van der Waals surface area contributed by atoms with Gasteiger partial charge in [0.2, 0.25) is 11.8 Å². The first-order chi connectivity index (χ1) is 14.9. The van der Waals surface area contributed by atoms with Gasteiger partial charge in [-0.15, -0.1) is 0 Å². The highest BCUT2D eigenvalue weighted by atomic mass is 35.5. The second-order valence-electron chi connectivity index (χ2n) is 6.61. The molecule has 0 fully saturated rings. The number of hydrogen-bond acceptors (Lipinski definition) is 6. The summed E-state index contributed by atoms with van der Waals surface area (Å²) in [6, 6.07) is 14.3. The Bertz CT molecular complexity index is 1060. The Morgan fingerprint density at radius 1 is 1.26 bits per heavy atom. The topological polar surface area (TPSA) is 100 Å². The molecule has 7 nitrogen and oxygen atoms in total. The van der Waals surface area contributed by atoms with E-state index >= 15 is 0 Å². The van der Waals surface area contributed by atoms with Crippen LogP contribution in [0.2, 0.25) is 5.02 Å². The Morgan fingerprint density at radius 3 is 2.65 bits per heavy atom. The van der Waals surface area contributed by atoms with E-state index in [0.717, 1.165) is 17.3 Å². The van der Waals surface area contributed by atoms with Gasteiger partial charge in [0.1, 0.15) is 11.5 Å². The summed E-state index contributed by atoms with van der Waals surface area (Å²) >= 11 is 7.09. The summed E-state index contributed by atoms with van der Waals surface area (Å²) < 4.78 is 10.4. The fourth-order valence-corrected chi connectivity index (χ4v) is 4.20.